The molecule has 1 aliphatic heterocycles. The minimum Gasteiger partial charge on any atom is -0.454 e. The maximum atomic E-state index is 12.7. The molecule has 7 heteroatoms. The van der Waals surface area contributed by atoms with E-state index in [0.29, 0.717) is 11.5 Å². The summed E-state index contributed by atoms with van der Waals surface area (Å²) in [5.41, 5.74) is 0.903. The summed E-state index contributed by atoms with van der Waals surface area (Å²) in [5.74, 6) is 1.25. The highest BCUT2D eigenvalue weighted by molar-refractivity contribution is 7.89. The predicted molar refractivity (Wildman–Crippen MR) is 82.4 cm³/mol. The Morgan fingerprint density at radius 3 is 2.70 bits per heavy atom. The van der Waals surface area contributed by atoms with Crippen molar-refractivity contribution in [2.24, 2.45) is 0 Å². The van der Waals surface area contributed by atoms with Crippen molar-refractivity contribution in [1.29, 1.82) is 5.26 Å². The smallest absolute Gasteiger partial charge is 0.244 e. The van der Waals surface area contributed by atoms with Crippen LogP contribution in [-0.4, -0.2) is 26.6 Å². The maximum Gasteiger partial charge on any atom is 0.244 e. The van der Waals surface area contributed by atoms with Crippen LogP contribution in [0, 0.1) is 11.3 Å². The summed E-state index contributed by atoms with van der Waals surface area (Å²) in [6, 6.07) is 13.4. The molecule has 0 bridgehead atoms. The second-order valence-electron chi connectivity index (χ2n) is 5.06. The van der Waals surface area contributed by atoms with Gasteiger partial charge in [0.2, 0.25) is 16.8 Å². The molecule has 0 fully saturated rings. The lowest BCUT2D eigenvalue weighted by Gasteiger charge is -2.18. The molecule has 6 nitrogen and oxygen atoms in total. The first-order valence-electron chi connectivity index (χ1n) is 6.86. The normalized spacial score (nSPS) is 13.1. The fraction of sp³-hybridized carbons (Fsp3) is 0.188. The van der Waals surface area contributed by atoms with Gasteiger partial charge >= 0.3 is 0 Å². The summed E-state index contributed by atoms with van der Waals surface area (Å²) < 4.78 is 37.1. The highest BCUT2D eigenvalue weighted by Gasteiger charge is 2.24. The fourth-order valence-corrected chi connectivity index (χ4v) is 3.63. The van der Waals surface area contributed by atoms with Crippen LogP contribution >= 0.6 is 0 Å². The van der Waals surface area contributed by atoms with Gasteiger partial charge in [-0.2, -0.15) is 9.57 Å². The topological polar surface area (TPSA) is 79.6 Å². The quantitative estimate of drug-likeness (QED) is 0.858. The van der Waals surface area contributed by atoms with Gasteiger partial charge in [0.1, 0.15) is 6.07 Å². The van der Waals surface area contributed by atoms with Crippen LogP contribution in [0.4, 0.5) is 0 Å². The van der Waals surface area contributed by atoms with Crippen molar-refractivity contribution >= 4 is 10.0 Å². The molecule has 0 atom stereocenters. The number of ether oxygens (including phenoxy) is 2. The van der Waals surface area contributed by atoms with Crippen LogP contribution in [0.1, 0.15) is 11.1 Å². The third-order valence-corrected chi connectivity index (χ3v) is 5.40. The highest BCUT2D eigenvalue weighted by Crippen LogP contribution is 2.33. The number of nitrogens with zero attached hydrogens (tertiary/aromatic N) is 2. The Morgan fingerprint density at radius 1 is 1.17 bits per heavy atom. The Balaban J connectivity index is 1.88. The van der Waals surface area contributed by atoms with E-state index in [-0.39, 0.29) is 23.8 Å². The summed E-state index contributed by atoms with van der Waals surface area (Å²) in [5, 5.41) is 9.10. The summed E-state index contributed by atoms with van der Waals surface area (Å²) >= 11 is 0. The van der Waals surface area contributed by atoms with E-state index in [1.54, 1.807) is 30.3 Å². The van der Waals surface area contributed by atoms with E-state index in [1.807, 2.05) is 6.07 Å². The Labute approximate surface area is 134 Å². The fourth-order valence-electron chi connectivity index (χ4n) is 2.33. The molecule has 118 valence electrons. The lowest BCUT2D eigenvalue weighted by atomic mass is 10.2. The number of sulfonamides is 1. The van der Waals surface area contributed by atoms with Gasteiger partial charge in [-0.15, -0.1) is 0 Å². The lowest BCUT2D eigenvalue weighted by Crippen LogP contribution is -2.27. The summed E-state index contributed by atoms with van der Waals surface area (Å²) in [6.07, 6.45) is 0. The zero-order valence-electron chi connectivity index (χ0n) is 12.4. The number of nitriles is 1. The molecule has 0 radical (unpaired) electrons. The number of fused-ring (bicyclic) bond motifs is 1. The van der Waals surface area contributed by atoms with Gasteiger partial charge in [-0.05, 0) is 29.8 Å². The molecule has 0 saturated carbocycles. The van der Waals surface area contributed by atoms with Crippen molar-refractivity contribution in [2.75, 3.05) is 13.8 Å². The van der Waals surface area contributed by atoms with Crippen LogP contribution in [0.3, 0.4) is 0 Å². The molecule has 0 spiro atoms. The number of rotatable bonds is 4. The molecule has 0 saturated heterocycles. The molecule has 2 aromatic rings. The Bertz CT molecular complexity index is 887. The van der Waals surface area contributed by atoms with E-state index in [1.165, 1.54) is 23.5 Å². The van der Waals surface area contributed by atoms with Crippen LogP contribution < -0.4 is 9.47 Å². The van der Waals surface area contributed by atoms with E-state index in [4.69, 9.17) is 14.7 Å². The van der Waals surface area contributed by atoms with Crippen molar-refractivity contribution in [1.82, 2.24) is 4.31 Å². The summed E-state index contributed by atoms with van der Waals surface area (Å²) in [6.45, 7) is 0.335. The minimum absolute atomic E-state index is 0.00532. The van der Waals surface area contributed by atoms with Gasteiger partial charge in [0.05, 0.1) is 10.5 Å². The second kappa shape index (κ2) is 5.91. The molecule has 2 aromatic carbocycles. The van der Waals surface area contributed by atoms with Crippen molar-refractivity contribution in [3.05, 3.63) is 53.6 Å². The van der Waals surface area contributed by atoms with Crippen LogP contribution in [-0.2, 0) is 16.6 Å². The molecule has 3 rings (SSSR count). The molecule has 1 heterocycles. The number of hydrogen-bond acceptors (Lipinski definition) is 5. The van der Waals surface area contributed by atoms with Gasteiger partial charge in [0.25, 0.3) is 0 Å². The van der Waals surface area contributed by atoms with E-state index >= 15 is 0 Å². The van der Waals surface area contributed by atoms with Gasteiger partial charge in [-0.3, -0.25) is 0 Å². The SMILES string of the molecule is CN(Cc1ccc2c(c1)OCO2)S(=O)(=O)c1ccccc1C#N. The Hall–Kier alpha value is -2.56. The maximum absolute atomic E-state index is 12.7. The average Bonchev–Trinajstić information content (AvgIpc) is 3.02. The van der Waals surface area contributed by atoms with E-state index in [0.717, 1.165) is 5.56 Å². The standard InChI is InChI=1S/C16H14N2O4S/c1-18(10-12-6-7-14-15(8-12)22-11-21-14)23(19,20)16-5-3-2-4-13(16)9-17/h2-8H,10-11H2,1H3. The van der Waals surface area contributed by atoms with Gasteiger partial charge in [0.15, 0.2) is 11.5 Å². The molecule has 0 unspecified atom stereocenters. The average molecular weight is 330 g/mol. The van der Waals surface area contributed by atoms with Gasteiger partial charge in [-0.25, -0.2) is 8.42 Å². The summed E-state index contributed by atoms with van der Waals surface area (Å²) in [7, 11) is -2.28. The minimum atomic E-state index is -3.76. The first-order chi connectivity index (χ1) is 11.0. The molecular formula is C16H14N2O4S. The third kappa shape index (κ3) is 2.86. The van der Waals surface area contributed by atoms with E-state index in [2.05, 4.69) is 0 Å². The van der Waals surface area contributed by atoms with Crippen LogP contribution in [0.5, 0.6) is 11.5 Å². The Morgan fingerprint density at radius 2 is 1.91 bits per heavy atom. The first kappa shape index (κ1) is 15.3. The monoisotopic (exact) mass is 330 g/mol. The largest absolute Gasteiger partial charge is 0.454 e. The lowest BCUT2D eigenvalue weighted by molar-refractivity contribution is 0.174. The molecule has 0 aromatic heterocycles. The van der Waals surface area contributed by atoms with Crippen molar-refractivity contribution in [2.45, 2.75) is 11.4 Å². The first-order valence-corrected chi connectivity index (χ1v) is 8.30. The summed E-state index contributed by atoms with van der Waals surface area (Å²) in [4.78, 5) is 0.00532. The number of benzene rings is 2. The zero-order chi connectivity index (χ0) is 16.4. The molecule has 1 aliphatic rings. The van der Waals surface area contributed by atoms with Crippen molar-refractivity contribution in [3.63, 3.8) is 0 Å². The van der Waals surface area contributed by atoms with Crippen LogP contribution in [0.15, 0.2) is 47.4 Å². The highest BCUT2D eigenvalue weighted by atomic mass is 32.2. The molecule has 0 N–H and O–H groups in total. The zero-order valence-corrected chi connectivity index (χ0v) is 13.2. The molecule has 23 heavy (non-hydrogen) atoms. The van der Waals surface area contributed by atoms with E-state index in [9.17, 15) is 8.42 Å². The van der Waals surface area contributed by atoms with Crippen LogP contribution in [0.2, 0.25) is 0 Å². The molecular weight excluding hydrogens is 316 g/mol. The second-order valence-corrected chi connectivity index (χ2v) is 7.07. The van der Waals surface area contributed by atoms with Gasteiger partial charge < -0.3 is 9.47 Å². The predicted octanol–water partition coefficient (Wildman–Crippen LogP) is 2.11. The van der Waals surface area contributed by atoms with Gasteiger partial charge in [-0.1, -0.05) is 18.2 Å². The van der Waals surface area contributed by atoms with Crippen molar-refractivity contribution in [3.8, 4) is 17.6 Å². The molecule has 0 amide bonds. The Kier molecular flexibility index (Phi) is 3.94. The third-order valence-electron chi connectivity index (χ3n) is 3.54. The van der Waals surface area contributed by atoms with Gasteiger partial charge in [0, 0.05) is 13.6 Å². The van der Waals surface area contributed by atoms with E-state index < -0.39 is 10.0 Å². The van der Waals surface area contributed by atoms with Crippen molar-refractivity contribution < 1.29 is 17.9 Å². The number of hydrogen-bond donors (Lipinski definition) is 0. The molecule has 0 aliphatic carbocycles. The van der Waals surface area contributed by atoms with Crippen LogP contribution in [0.25, 0.3) is 0 Å².